The van der Waals surface area contributed by atoms with Crippen LogP contribution in [0.2, 0.25) is 0 Å². The normalized spacial score (nSPS) is 18.0. The van der Waals surface area contributed by atoms with Crippen LogP contribution in [-0.4, -0.2) is 34.4 Å². The van der Waals surface area contributed by atoms with Crippen molar-refractivity contribution in [2.45, 2.75) is 74.9 Å². The van der Waals surface area contributed by atoms with Crippen LogP contribution in [0.5, 0.6) is 0 Å². The summed E-state index contributed by atoms with van der Waals surface area (Å²) in [7, 11) is 1.67. The van der Waals surface area contributed by atoms with Gasteiger partial charge in [-0.2, -0.15) is 0 Å². The lowest BCUT2D eigenvalue weighted by Gasteiger charge is -2.27. The maximum Gasteiger partial charge on any atom is 0.263 e. The van der Waals surface area contributed by atoms with Gasteiger partial charge in [-0.25, -0.2) is 4.98 Å². The van der Waals surface area contributed by atoms with Crippen LogP contribution >= 0.6 is 23.1 Å². The molecule has 2 aliphatic carbocycles. The zero-order valence-electron chi connectivity index (χ0n) is 19.8. The topological polar surface area (TPSA) is 73.2 Å². The van der Waals surface area contributed by atoms with Crippen molar-refractivity contribution >= 4 is 39.2 Å². The molecule has 3 aromatic rings. The third kappa shape index (κ3) is 4.55. The first-order valence-electron chi connectivity index (χ1n) is 12.2. The van der Waals surface area contributed by atoms with E-state index in [9.17, 15) is 9.59 Å². The average Bonchev–Trinajstić information content (AvgIpc) is 3.42. The number of carbonyl (C=O) groups is 1. The van der Waals surface area contributed by atoms with E-state index in [0.717, 1.165) is 55.2 Å². The minimum absolute atomic E-state index is 0.0156. The predicted molar refractivity (Wildman–Crippen MR) is 138 cm³/mol. The summed E-state index contributed by atoms with van der Waals surface area (Å²) in [6.07, 6.45) is 6.91. The van der Waals surface area contributed by atoms with Gasteiger partial charge in [0, 0.05) is 25.1 Å². The summed E-state index contributed by atoms with van der Waals surface area (Å²) in [5, 5.41) is 4.31. The molecule has 0 spiro atoms. The summed E-state index contributed by atoms with van der Waals surface area (Å²) in [6, 6.07) is 8.42. The molecule has 2 atom stereocenters. The number of thiophene rings is 1. The first-order valence-corrected chi connectivity index (χ1v) is 13.8. The third-order valence-corrected chi connectivity index (χ3v) is 9.13. The van der Waals surface area contributed by atoms with E-state index in [1.54, 1.807) is 23.0 Å². The fourth-order valence-corrected chi connectivity index (χ4v) is 7.36. The molecule has 0 saturated carbocycles. The Labute approximate surface area is 208 Å². The van der Waals surface area contributed by atoms with E-state index >= 15 is 0 Å². The highest BCUT2D eigenvalue weighted by atomic mass is 32.2. The van der Waals surface area contributed by atoms with Gasteiger partial charge in [0.1, 0.15) is 4.83 Å². The van der Waals surface area contributed by atoms with Crippen LogP contribution in [0.25, 0.3) is 10.2 Å². The molecule has 2 heterocycles. The second-order valence-electron chi connectivity index (χ2n) is 9.15. The fourth-order valence-electron chi connectivity index (χ4n) is 5.12. The number of nitrogens with zero attached hydrogens (tertiary/aromatic N) is 2. The first kappa shape index (κ1) is 23.6. The minimum Gasteiger partial charge on any atom is -0.385 e. The van der Waals surface area contributed by atoms with Crippen molar-refractivity contribution in [2.24, 2.45) is 0 Å². The Kier molecular flexibility index (Phi) is 7.09. The van der Waals surface area contributed by atoms with Gasteiger partial charge in [0.15, 0.2) is 5.16 Å². The van der Waals surface area contributed by atoms with Crippen LogP contribution < -0.4 is 10.9 Å². The highest BCUT2D eigenvalue weighted by molar-refractivity contribution is 8.00. The second-order valence-corrected chi connectivity index (χ2v) is 11.5. The molecule has 0 radical (unpaired) electrons. The molecule has 34 heavy (non-hydrogen) atoms. The third-order valence-electron chi connectivity index (χ3n) is 6.86. The molecular formula is C26H31N3O3S2. The Hall–Kier alpha value is -2.16. The van der Waals surface area contributed by atoms with E-state index in [2.05, 4.69) is 23.5 Å². The smallest absolute Gasteiger partial charge is 0.263 e. The molecule has 2 aliphatic rings. The van der Waals surface area contributed by atoms with Crippen LogP contribution in [0.3, 0.4) is 0 Å². The molecular weight excluding hydrogens is 466 g/mol. The number of aryl methyl sites for hydroxylation is 3. The van der Waals surface area contributed by atoms with E-state index in [1.807, 2.05) is 13.0 Å². The van der Waals surface area contributed by atoms with E-state index in [0.29, 0.717) is 18.3 Å². The van der Waals surface area contributed by atoms with Crippen LogP contribution in [0.1, 0.15) is 60.2 Å². The van der Waals surface area contributed by atoms with Gasteiger partial charge in [0.2, 0.25) is 5.91 Å². The maximum absolute atomic E-state index is 13.5. The number of hydrogen-bond donors (Lipinski definition) is 1. The maximum atomic E-state index is 13.5. The van der Waals surface area contributed by atoms with Crippen LogP contribution in [0.15, 0.2) is 34.2 Å². The molecule has 0 aliphatic heterocycles. The van der Waals surface area contributed by atoms with Gasteiger partial charge in [-0.05, 0) is 68.6 Å². The molecule has 2 aromatic heterocycles. The van der Waals surface area contributed by atoms with Crippen molar-refractivity contribution < 1.29 is 9.53 Å². The van der Waals surface area contributed by atoms with Crippen molar-refractivity contribution in [3.63, 3.8) is 0 Å². The molecule has 0 unspecified atom stereocenters. The minimum atomic E-state index is -0.362. The number of fused-ring (bicyclic) bond motifs is 4. The number of amides is 1. The monoisotopic (exact) mass is 497 g/mol. The average molecular weight is 498 g/mol. The number of aromatic nitrogens is 2. The molecule has 1 aromatic carbocycles. The molecule has 1 N–H and O–H groups in total. The van der Waals surface area contributed by atoms with E-state index in [4.69, 9.17) is 9.72 Å². The molecule has 180 valence electrons. The van der Waals surface area contributed by atoms with Gasteiger partial charge in [-0.1, -0.05) is 36.0 Å². The van der Waals surface area contributed by atoms with Crippen molar-refractivity contribution in [3.05, 3.63) is 56.2 Å². The van der Waals surface area contributed by atoms with E-state index in [1.165, 1.54) is 33.3 Å². The molecule has 0 bridgehead atoms. The van der Waals surface area contributed by atoms with Gasteiger partial charge in [0.05, 0.1) is 16.7 Å². The molecule has 5 rings (SSSR count). The summed E-state index contributed by atoms with van der Waals surface area (Å²) >= 11 is 3.03. The second kappa shape index (κ2) is 10.2. The quantitative estimate of drug-likeness (QED) is 0.278. The van der Waals surface area contributed by atoms with Crippen molar-refractivity contribution in [1.29, 1.82) is 0 Å². The zero-order chi connectivity index (χ0) is 23.7. The number of benzene rings is 1. The number of carbonyl (C=O) groups excluding carboxylic acids is 1. The SMILES string of the molecule is COCCCn1c(S[C@H](C)C(=O)N[C@H]2CCCc3ccccc32)nc2sc3c(c2c1=O)CCC3. The number of thioether (sulfide) groups is 1. The molecule has 0 fully saturated rings. The molecule has 6 nitrogen and oxygen atoms in total. The lowest BCUT2D eigenvalue weighted by atomic mass is 9.88. The summed E-state index contributed by atoms with van der Waals surface area (Å²) in [6.45, 7) is 3.01. The lowest BCUT2D eigenvalue weighted by Crippen LogP contribution is -2.36. The van der Waals surface area contributed by atoms with Gasteiger partial charge < -0.3 is 10.1 Å². The summed E-state index contributed by atoms with van der Waals surface area (Å²) in [5.41, 5.74) is 3.76. The van der Waals surface area contributed by atoms with E-state index in [-0.39, 0.29) is 22.8 Å². The predicted octanol–water partition coefficient (Wildman–Crippen LogP) is 4.66. The van der Waals surface area contributed by atoms with Gasteiger partial charge in [0.25, 0.3) is 5.56 Å². The Bertz CT molecular complexity index is 1270. The number of hydrogen-bond acceptors (Lipinski definition) is 6. The Balaban J connectivity index is 1.39. The molecule has 0 saturated heterocycles. The Morgan fingerprint density at radius 3 is 3.00 bits per heavy atom. The number of methoxy groups -OCH3 is 1. The van der Waals surface area contributed by atoms with Crippen LogP contribution in [0, 0.1) is 0 Å². The first-order chi connectivity index (χ1) is 16.6. The highest BCUT2D eigenvalue weighted by Gasteiger charge is 2.27. The highest BCUT2D eigenvalue weighted by Crippen LogP contribution is 2.36. The largest absolute Gasteiger partial charge is 0.385 e. The summed E-state index contributed by atoms with van der Waals surface area (Å²) < 4.78 is 6.98. The molecule has 1 amide bonds. The number of nitrogens with one attached hydrogen (secondary N) is 1. The van der Waals surface area contributed by atoms with Crippen molar-refractivity contribution in [1.82, 2.24) is 14.9 Å². The summed E-state index contributed by atoms with van der Waals surface area (Å²) in [5.74, 6) is -0.0156. The van der Waals surface area contributed by atoms with Gasteiger partial charge >= 0.3 is 0 Å². The Morgan fingerprint density at radius 2 is 2.15 bits per heavy atom. The van der Waals surface area contributed by atoms with E-state index < -0.39 is 0 Å². The van der Waals surface area contributed by atoms with Gasteiger partial charge in [-0.3, -0.25) is 14.2 Å². The fraction of sp³-hybridized carbons (Fsp3) is 0.500. The number of ether oxygens (including phenoxy) is 1. The lowest BCUT2D eigenvalue weighted by molar-refractivity contribution is -0.121. The van der Waals surface area contributed by atoms with Crippen molar-refractivity contribution in [3.8, 4) is 0 Å². The number of rotatable bonds is 8. The standard InChI is InChI=1S/C26H31N3O3S2/c1-16(23(30)27-20-12-5-9-17-8-3-4-10-18(17)20)33-26-28-24-22(19-11-6-13-21(19)34-24)25(31)29(26)14-7-15-32-2/h3-4,8,10,16,20H,5-7,9,11-15H2,1-2H3,(H,27,30)/t16-,20+/m1/s1. The Morgan fingerprint density at radius 1 is 1.29 bits per heavy atom. The zero-order valence-corrected chi connectivity index (χ0v) is 21.4. The molecule has 8 heteroatoms. The summed E-state index contributed by atoms with van der Waals surface area (Å²) in [4.78, 5) is 33.8. The van der Waals surface area contributed by atoms with Gasteiger partial charge in [-0.15, -0.1) is 11.3 Å². The van der Waals surface area contributed by atoms with Crippen LogP contribution in [0.4, 0.5) is 0 Å². The van der Waals surface area contributed by atoms with Crippen LogP contribution in [-0.2, 0) is 35.3 Å². The van der Waals surface area contributed by atoms with Crippen molar-refractivity contribution in [2.75, 3.05) is 13.7 Å².